The molecule has 0 spiro atoms. The van der Waals surface area contributed by atoms with Crippen LogP contribution in [0.15, 0.2) is 0 Å². The Labute approximate surface area is 151 Å². The van der Waals surface area contributed by atoms with Crippen LogP contribution in [0, 0.1) is 0 Å². The molecule has 0 saturated heterocycles. The first-order chi connectivity index (χ1) is 12.0. The summed E-state index contributed by atoms with van der Waals surface area (Å²) in [6.07, 6.45) is 3.03. The number of hydrogen-bond donors (Lipinski definition) is 0. The van der Waals surface area contributed by atoms with E-state index >= 15 is 0 Å². The van der Waals surface area contributed by atoms with Crippen molar-refractivity contribution in [2.24, 2.45) is 0 Å². The third-order valence-corrected chi connectivity index (χ3v) is 3.30. The normalized spacial score (nSPS) is 10.6. The Balaban J connectivity index is 4.31. The van der Waals surface area contributed by atoms with E-state index in [2.05, 4.69) is 0 Å². The van der Waals surface area contributed by atoms with Gasteiger partial charge in [-0.25, -0.2) is 0 Å². The van der Waals surface area contributed by atoms with E-state index in [9.17, 15) is 14.4 Å². The van der Waals surface area contributed by atoms with Crippen molar-refractivity contribution in [2.75, 3.05) is 39.5 Å². The van der Waals surface area contributed by atoms with Crippen LogP contribution in [0.1, 0.15) is 59.3 Å². The van der Waals surface area contributed by atoms with Crippen LogP contribution >= 0.6 is 0 Å². The number of nitrogens with zero attached hydrogens (tertiary/aromatic N) is 1. The van der Waals surface area contributed by atoms with Crippen molar-refractivity contribution in [3.8, 4) is 0 Å². The highest BCUT2D eigenvalue weighted by Gasteiger charge is 2.14. The highest BCUT2D eigenvalue weighted by atomic mass is 16.5. The van der Waals surface area contributed by atoms with Crippen LogP contribution < -0.4 is 0 Å². The number of hydrogen-bond acceptors (Lipinski definition) is 7. The topological polar surface area (TPSA) is 82.1 Å². The summed E-state index contributed by atoms with van der Waals surface area (Å²) in [5.74, 6) is -0.808. The van der Waals surface area contributed by atoms with E-state index in [4.69, 9.17) is 14.2 Å². The SMILES string of the molecule is CCCOC(=O)CCN(CCC(=O)OCCC)CCC(=O)OCCC. The molecule has 0 bridgehead atoms. The quantitative estimate of drug-likeness (QED) is 0.328. The van der Waals surface area contributed by atoms with Crippen molar-refractivity contribution >= 4 is 17.9 Å². The van der Waals surface area contributed by atoms with Gasteiger partial charge in [0.05, 0.1) is 39.1 Å². The van der Waals surface area contributed by atoms with E-state index in [1.807, 2.05) is 25.7 Å². The monoisotopic (exact) mass is 359 g/mol. The van der Waals surface area contributed by atoms with Gasteiger partial charge < -0.3 is 19.1 Å². The predicted molar refractivity (Wildman–Crippen MR) is 94.0 cm³/mol. The van der Waals surface area contributed by atoms with Crippen LogP contribution in [-0.2, 0) is 28.6 Å². The molecule has 0 N–H and O–H groups in total. The lowest BCUT2D eigenvalue weighted by Crippen LogP contribution is -2.32. The van der Waals surface area contributed by atoms with Crippen LogP contribution in [0.5, 0.6) is 0 Å². The molecule has 0 unspecified atom stereocenters. The fourth-order valence-corrected chi connectivity index (χ4v) is 1.95. The van der Waals surface area contributed by atoms with Crippen molar-refractivity contribution < 1.29 is 28.6 Å². The van der Waals surface area contributed by atoms with Gasteiger partial charge >= 0.3 is 17.9 Å². The lowest BCUT2D eigenvalue weighted by Gasteiger charge is -2.21. The molecule has 0 radical (unpaired) electrons. The highest BCUT2D eigenvalue weighted by Crippen LogP contribution is 2.02. The van der Waals surface area contributed by atoms with E-state index < -0.39 is 0 Å². The smallest absolute Gasteiger partial charge is 0.307 e. The zero-order valence-electron chi connectivity index (χ0n) is 15.9. The Morgan fingerprint density at radius 3 is 1.12 bits per heavy atom. The van der Waals surface area contributed by atoms with Gasteiger partial charge in [-0.3, -0.25) is 14.4 Å². The summed E-state index contributed by atoms with van der Waals surface area (Å²) >= 11 is 0. The molecule has 0 aliphatic carbocycles. The van der Waals surface area contributed by atoms with E-state index in [0.717, 1.165) is 19.3 Å². The first-order valence-corrected chi connectivity index (χ1v) is 9.22. The van der Waals surface area contributed by atoms with Crippen LogP contribution in [0.25, 0.3) is 0 Å². The number of rotatable bonds is 15. The van der Waals surface area contributed by atoms with E-state index in [0.29, 0.717) is 39.5 Å². The summed E-state index contributed by atoms with van der Waals surface area (Å²) in [5, 5.41) is 0. The maximum absolute atomic E-state index is 11.6. The fourth-order valence-electron chi connectivity index (χ4n) is 1.95. The maximum atomic E-state index is 11.6. The second kappa shape index (κ2) is 15.9. The third kappa shape index (κ3) is 14.4. The molecule has 146 valence electrons. The molecule has 0 aromatic rings. The van der Waals surface area contributed by atoms with Crippen LogP contribution in [0.4, 0.5) is 0 Å². The Morgan fingerprint density at radius 1 is 0.600 bits per heavy atom. The number of carbonyl (C=O) groups is 3. The first-order valence-electron chi connectivity index (χ1n) is 9.22. The summed E-state index contributed by atoms with van der Waals surface area (Å²) in [7, 11) is 0. The largest absolute Gasteiger partial charge is 0.466 e. The van der Waals surface area contributed by atoms with Crippen molar-refractivity contribution in [3.63, 3.8) is 0 Å². The lowest BCUT2D eigenvalue weighted by atomic mass is 10.3. The molecule has 0 aliphatic heterocycles. The molecule has 0 amide bonds. The third-order valence-electron chi connectivity index (χ3n) is 3.30. The van der Waals surface area contributed by atoms with Gasteiger partial charge in [-0.05, 0) is 19.3 Å². The zero-order valence-corrected chi connectivity index (χ0v) is 15.9. The van der Waals surface area contributed by atoms with Crippen molar-refractivity contribution in [3.05, 3.63) is 0 Å². The summed E-state index contributed by atoms with van der Waals surface area (Å²) in [6.45, 7) is 8.33. The van der Waals surface area contributed by atoms with Gasteiger partial charge in [0.1, 0.15) is 0 Å². The molecule has 0 fully saturated rings. The van der Waals surface area contributed by atoms with E-state index in [1.54, 1.807) is 0 Å². The molecule has 0 atom stereocenters. The molecule has 7 nitrogen and oxygen atoms in total. The number of ether oxygens (including phenoxy) is 3. The Bertz CT molecular complexity index is 329. The second-order valence-corrected chi connectivity index (χ2v) is 5.75. The molecule has 7 heteroatoms. The Kier molecular flexibility index (Phi) is 14.8. The molecule has 0 aromatic heterocycles. The van der Waals surface area contributed by atoms with Gasteiger partial charge in [0.2, 0.25) is 0 Å². The number of esters is 3. The average molecular weight is 359 g/mol. The average Bonchev–Trinajstić information content (AvgIpc) is 2.61. The van der Waals surface area contributed by atoms with Gasteiger partial charge in [-0.15, -0.1) is 0 Å². The minimum absolute atomic E-state index is 0.230. The van der Waals surface area contributed by atoms with E-state index in [1.165, 1.54) is 0 Å². The standard InChI is InChI=1S/C18H33NO6/c1-4-13-23-16(20)7-10-19(11-8-17(21)24-14-5-2)12-9-18(22)25-15-6-3/h4-15H2,1-3H3. The molecular weight excluding hydrogens is 326 g/mol. The summed E-state index contributed by atoms with van der Waals surface area (Å²) in [6, 6.07) is 0. The van der Waals surface area contributed by atoms with Crippen LogP contribution in [0.2, 0.25) is 0 Å². The van der Waals surface area contributed by atoms with Gasteiger partial charge in [0.25, 0.3) is 0 Å². The molecule has 0 rings (SSSR count). The summed E-state index contributed by atoms with van der Waals surface area (Å²) in [4.78, 5) is 36.8. The van der Waals surface area contributed by atoms with Gasteiger partial charge in [0.15, 0.2) is 0 Å². The summed E-state index contributed by atoms with van der Waals surface area (Å²) < 4.78 is 15.2. The van der Waals surface area contributed by atoms with Crippen molar-refractivity contribution in [1.82, 2.24) is 4.90 Å². The van der Waals surface area contributed by atoms with Crippen LogP contribution in [-0.4, -0.2) is 62.3 Å². The highest BCUT2D eigenvalue weighted by molar-refractivity contribution is 5.71. The molecular formula is C18H33NO6. The van der Waals surface area contributed by atoms with Crippen molar-refractivity contribution in [2.45, 2.75) is 59.3 Å². The van der Waals surface area contributed by atoms with E-state index in [-0.39, 0.29) is 37.2 Å². The molecule has 0 heterocycles. The summed E-state index contributed by atoms with van der Waals surface area (Å²) in [5.41, 5.74) is 0. The Hall–Kier alpha value is -1.63. The predicted octanol–water partition coefficient (Wildman–Crippen LogP) is 2.32. The lowest BCUT2D eigenvalue weighted by molar-refractivity contribution is -0.144. The van der Waals surface area contributed by atoms with Gasteiger partial charge in [0, 0.05) is 19.6 Å². The van der Waals surface area contributed by atoms with Gasteiger partial charge in [-0.2, -0.15) is 0 Å². The molecule has 0 saturated carbocycles. The molecule has 0 aromatic carbocycles. The van der Waals surface area contributed by atoms with Gasteiger partial charge in [-0.1, -0.05) is 20.8 Å². The zero-order chi connectivity index (χ0) is 18.9. The Morgan fingerprint density at radius 2 is 0.880 bits per heavy atom. The minimum Gasteiger partial charge on any atom is -0.466 e. The van der Waals surface area contributed by atoms with Crippen LogP contribution in [0.3, 0.4) is 0 Å². The number of carbonyl (C=O) groups excluding carboxylic acids is 3. The second-order valence-electron chi connectivity index (χ2n) is 5.75. The minimum atomic E-state index is -0.269. The first kappa shape index (κ1) is 23.4. The maximum Gasteiger partial charge on any atom is 0.307 e. The van der Waals surface area contributed by atoms with Crippen molar-refractivity contribution in [1.29, 1.82) is 0 Å². The molecule has 25 heavy (non-hydrogen) atoms. The fraction of sp³-hybridized carbons (Fsp3) is 0.833. The molecule has 0 aliphatic rings.